The Morgan fingerprint density at radius 2 is 2.14 bits per heavy atom. The number of nitrogens with one attached hydrogen (secondary N) is 1. The summed E-state index contributed by atoms with van der Waals surface area (Å²) in [6.45, 7) is 2.69. The van der Waals surface area contributed by atoms with Crippen LogP contribution in [0.5, 0.6) is 0 Å². The van der Waals surface area contributed by atoms with Crippen LogP contribution >= 0.6 is 11.6 Å². The fourth-order valence-corrected chi connectivity index (χ4v) is 0.995. The average Bonchev–Trinajstić information content (AvgIpc) is 2.22. The molecule has 0 aromatic heterocycles. The number of carbonyl (C=O) groups excluding carboxylic acids is 1. The molecule has 84 valence electrons. The lowest BCUT2D eigenvalue weighted by Gasteiger charge is -2.16. The topological polar surface area (TPSA) is 47.6 Å². The maximum Gasteiger partial charge on any atom is 0.224 e. The first-order valence-corrected chi connectivity index (χ1v) is 5.04. The molecule has 0 rings (SSSR count). The Morgan fingerprint density at radius 1 is 1.50 bits per heavy atom. The molecule has 1 N–H and O–H groups in total. The molecule has 1 amide bonds. The first-order valence-electron chi connectivity index (χ1n) is 4.51. The zero-order valence-corrected chi connectivity index (χ0v) is 9.63. The molecule has 0 aliphatic heterocycles. The summed E-state index contributed by atoms with van der Waals surface area (Å²) in [6.07, 6.45) is -0.105. The predicted octanol–water partition coefficient (Wildman–Crippen LogP) is 0.639. The molecule has 14 heavy (non-hydrogen) atoms. The van der Waals surface area contributed by atoms with E-state index in [-0.39, 0.29) is 17.9 Å². The van der Waals surface area contributed by atoms with Gasteiger partial charge in [0.25, 0.3) is 0 Å². The zero-order valence-electron chi connectivity index (χ0n) is 8.88. The number of ether oxygens (including phenoxy) is 2. The number of amides is 1. The second kappa shape index (κ2) is 8.03. The molecule has 4 nitrogen and oxygen atoms in total. The molecule has 0 aromatic rings. The molecular weight excluding hydrogens is 206 g/mol. The van der Waals surface area contributed by atoms with E-state index in [1.807, 2.05) is 0 Å². The van der Waals surface area contributed by atoms with Gasteiger partial charge in [0, 0.05) is 32.6 Å². The lowest BCUT2D eigenvalue weighted by atomic mass is 10.2. The van der Waals surface area contributed by atoms with Crippen molar-refractivity contribution < 1.29 is 14.3 Å². The van der Waals surface area contributed by atoms with Crippen LogP contribution in [0.25, 0.3) is 0 Å². The number of carbonyl (C=O) groups is 1. The summed E-state index contributed by atoms with van der Waals surface area (Å²) >= 11 is 5.54. The Hall–Kier alpha value is -0.320. The third-order valence-corrected chi connectivity index (χ3v) is 2.33. The normalized spacial score (nSPS) is 14.9. The van der Waals surface area contributed by atoms with E-state index < -0.39 is 0 Å². The molecule has 0 heterocycles. The van der Waals surface area contributed by atoms with Gasteiger partial charge in [0.05, 0.1) is 12.7 Å². The van der Waals surface area contributed by atoms with Crippen LogP contribution in [0.3, 0.4) is 0 Å². The predicted molar refractivity (Wildman–Crippen MR) is 55.6 cm³/mol. The maximum atomic E-state index is 11.3. The largest absolute Gasteiger partial charge is 0.382 e. The van der Waals surface area contributed by atoms with E-state index in [2.05, 4.69) is 5.32 Å². The van der Waals surface area contributed by atoms with Crippen molar-refractivity contribution >= 4 is 17.5 Å². The molecule has 0 saturated heterocycles. The van der Waals surface area contributed by atoms with E-state index in [0.29, 0.717) is 19.0 Å². The fourth-order valence-electron chi connectivity index (χ4n) is 0.855. The lowest BCUT2D eigenvalue weighted by Crippen LogP contribution is -2.38. The van der Waals surface area contributed by atoms with Crippen LogP contribution in [0.2, 0.25) is 0 Å². The number of alkyl halides is 1. The van der Waals surface area contributed by atoms with Gasteiger partial charge in [-0.15, -0.1) is 11.6 Å². The van der Waals surface area contributed by atoms with Crippen molar-refractivity contribution in [1.82, 2.24) is 5.32 Å². The summed E-state index contributed by atoms with van der Waals surface area (Å²) in [4.78, 5) is 11.3. The monoisotopic (exact) mass is 223 g/mol. The van der Waals surface area contributed by atoms with E-state index in [1.54, 1.807) is 21.1 Å². The molecule has 5 heteroatoms. The first-order chi connectivity index (χ1) is 6.65. The van der Waals surface area contributed by atoms with Gasteiger partial charge in [-0.3, -0.25) is 4.79 Å². The summed E-state index contributed by atoms with van der Waals surface area (Å²) < 4.78 is 9.99. The molecule has 2 unspecified atom stereocenters. The summed E-state index contributed by atoms with van der Waals surface area (Å²) in [6, 6.07) is 0. The zero-order chi connectivity index (χ0) is 11.0. The Morgan fingerprint density at radius 3 is 2.57 bits per heavy atom. The molecular formula is C9H18ClNO3. The Balaban J connectivity index is 3.73. The standard InChI is InChI=1S/C9H18ClNO3/c1-7(4-10)9(12)11-5-8(14-3)6-13-2/h7-8H,4-6H2,1-3H3,(H,11,12). The van der Waals surface area contributed by atoms with Crippen LogP contribution in [-0.4, -0.2) is 45.3 Å². The van der Waals surface area contributed by atoms with Crippen molar-refractivity contribution in [2.45, 2.75) is 13.0 Å². The molecule has 0 saturated carbocycles. The van der Waals surface area contributed by atoms with Gasteiger partial charge >= 0.3 is 0 Å². The van der Waals surface area contributed by atoms with E-state index >= 15 is 0 Å². The van der Waals surface area contributed by atoms with Gasteiger partial charge in [-0.2, -0.15) is 0 Å². The summed E-state index contributed by atoms with van der Waals surface area (Å²) in [5, 5.41) is 2.74. The van der Waals surface area contributed by atoms with Crippen LogP contribution in [-0.2, 0) is 14.3 Å². The highest BCUT2D eigenvalue weighted by Gasteiger charge is 2.13. The van der Waals surface area contributed by atoms with Gasteiger partial charge < -0.3 is 14.8 Å². The van der Waals surface area contributed by atoms with Crippen LogP contribution in [0.1, 0.15) is 6.92 Å². The highest BCUT2D eigenvalue weighted by Crippen LogP contribution is 1.98. The van der Waals surface area contributed by atoms with Crippen LogP contribution < -0.4 is 5.32 Å². The second-order valence-corrected chi connectivity index (χ2v) is 3.42. The molecule has 0 aromatic carbocycles. The van der Waals surface area contributed by atoms with Crippen molar-refractivity contribution in [2.24, 2.45) is 5.92 Å². The number of rotatable bonds is 7. The number of hydrogen-bond donors (Lipinski definition) is 1. The van der Waals surface area contributed by atoms with Crippen LogP contribution in [0.4, 0.5) is 0 Å². The second-order valence-electron chi connectivity index (χ2n) is 3.11. The van der Waals surface area contributed by atoms with Crippen molar-refractivity contribution in [2.75, 3.05) is 33.3 Å². The lowest BCUT2D eigenvalue weighted by molar-refractivity contribution is -0.124. The smallest absolute Gasteiger partial charge is 0.224 e. The third-order valence-electron chi connectivity index (χ3n) is 1.87. The van der Waals surface area contributed by atoms with E-state index in [9.17, 15) is 4.79 Å². The summed E-state index contributed by atoms with van der Waals surface area (Å²) in [5.41, 5.74) is 0. The molecule has 0 spiro atoms. The summed E-state index contributed by atoms with van der Waals surface area (Å²) in [5.74, 6) is 0.100. The van der Waals surface area contributed by atoms with Crippen molar-refractivity contribution in [3.8, 4) is 0 Å². The first kappa shape index (κ1) is 13.7. The van der Waals surface area contributed by atoms with Gasteiger partial charge in [0.2, 0.25) is 5.91 Å². The molecule has 0 radical (unpaired) electrons. The SMILES string of the molecule is COCC(CNC(=O)C(C)CCl)OC. The molecule has 0 bridgehead atoms. The quantitative estimate of drug-likeness (QED) is 0.645. The third kappa shape index (κ3) is 5.42. The minimum Gasteiger partial charge on any atom is -0.382 e. The van der Waals surface area contributed by atoms with Crippen molar-refractivity contribution in [1.29, 1.82) is 0 Å². The highest BCUT2D eigenvalue weighted by atomic mass is 35.5. The maximum absolute atomic E-state index is 11.3. The molecule has 0 aliphatic rings. The molecule has 0 fully saturated rings. The molecule has 2 atom stereocenters. The van der Waals surface area contributed by atoms with Crippen molar-refractivity contribution in [3.63, 3.8) is 0 Å². The van der Waals surface area contributed by atoms with Gasteiger partial charge in [-0.05, 0) is 0 Å². The fraction of sp³-hybridized carbons (Fsp3) is 0.889. The van der Waals surface area contributed by atoms with Crippen LogP contribution in [0.15, 0.2) is 0 Å². The van der Waals surface area contributed by atoms with E-state index in [0.717, 1.165) is 0 Å². The van der Waals surface area contributed by atoms with Crippen LogP contribution in [0, 0.1) is 5.92 Å². The average molecular weight is 224 g/mol. The van der Waals surface area contributed by atoms with Crippen molar-refractivity contribution in [3.05, 3.63) is 0 Å². The number of hydrogen-bond acceptors (Lipinski definition) is 3. The Kier molecular flexibility index (Phi) is 7.84. The van der Waals surface area contributed by atoms with E-state index in [4.69, 9.17) is 21.1 Å². The number of methoxy groups -OCH3 is 2. The number of halogens is 1. The van der Waals surface area contributed by atoms with Gasteiger partial charge in [0.1, 0.15) is 0 Å². The van der Waals surface area contributed by atoms with E-state index in [1.165, 1.54) is 0 Å². The Labute approximate surface area is 89.9 Å². The van der Waals surface area contributed by atoms with Gasteiger partial charge in [0.15, 0.2) is 0 Å². The molecule has 0 aliphatic carbocycles. The minimum absolute atomic E-state index is 0.0573. The Bertz CT molecular complexity index is 166. The van der Waals surface area contributed by atoms with Gasteiger partial charge in [-0.1, -0.05) is 6.92 Å². The minimum atomic E-state index is -0.170. The highest BCUT2D eigenvalue weighted by molar-refractivity contribution is 6.19. The summed E-state index contributed by atoms with van der Waals surface area (Å²) in [7, 11) is 3.18. The van der Waals surface area contributed by atoms with Gasteiger partial charge in [-0.25, -0.2) is 0 Å².